The van der Waals surface area contributed by atoms with Crippen LogP contribution in [0.25, 0.3) is 10.9 Å². The monoisotopic (exact) mass is 200 g/mol. The molecule has 2 rings (SSSR count). The summed E-state index contributed by atoms with van der Waals surface area (Å²) in [5, 5.41) is 1.21. The molecule has 2 N–H and O–H groups in total. The van der Waals surface area contributed by atoms with Crippen LogP contribution in [0.4, 0.5) is 0 Å². The third-order valence-electron chi connectivity index (χ3n) is 2.73. The maximum Gasteiger partial charge on any atom is 0.0752 e. The van der Waals surface area contributed by atoms with Crippen LogP contribution >= 0.6 is 0 Å². The summed E-state index contributed by atoms with van der Waals surface area (Å²) < 4.78 is 0. The SMILES string of the molecule is Cc1cc(C(C)N)c2nccc(C)c2c1. The van der Waals surface area contributed by atoms with E-state index in [1.54, 1.807) is 0 Å². The normalized spacial score (nSPS) is 13.1. The summed E-state index contributed by atoms with van der Waals surface area (Å²) >= 11 is 0. The molecule has 15 heavy (non-hydrogen) atoms. The first kappa shape index (κ1) is 10.1. The van der Waals surface area contributed by atoms with Crippen LogP contribution in [-0.4, -0.2) is 4.98 Å². The quantitative estimate of drug-likeness (QED) is 0.768. The van der Waals surface area contributed by atoms with E-state index < -0.39 is 0 Å². The third kappa shape index (κ3) is 1.73. The first-order valence-corrected chi connectivity index (χ1v) is 5.21. The van der Waals surface area contributed by atoms with Crippen molar-refractivity contribution in [1.82, 2.24) is 4.98 Å². The van der Waals surface area contributed by atoms with Crippen molar-refractivity contribution in [3.8, 4) is 0 Å². The van der Waals surface area contributed by atoms with Gasteiger partial charge in [0.15, 0.2) is 0 Å². The van der Waals surface area contributed by atoms with Crippen molar-refractivity contribution in [3.63, 3.8) is 0 Å². The number of pyridine rings is 1. The van der Waals surface area contributed by atoms with Crippen molar-refractivity contribution in [3.05, 3.63) is 41.1 Å². The van der Waals surface area contributed by atoms with Gasteiger partial charge in [-0.1, -0.05) is 11.6 Å². The smallest absolute Gasteiger partial charge is 0.0752 e. The van der Waals surface area contributed by atoms with E-state index in [-0.39, 0.29) is 6.04 Å². The summed E-state index contributed by atoms with van der Waals surface area (Å²) in [6.07, 6.45) is 1.85. The van der Waals surface area contributed by atoms with E-state index in [0.717, 1.165) is 11.1 Å². The molecule has 0 bridgehead atoms. The van der Waals surface area contributed by atoms with Crippen LogP contribution in [0, 0.1) is 13.8 Å². The van der Waals surface area contributed by atoms with E-state index in [2.05, 4.69) is 31.0 Å². The minimum Gasteiger partial charge on any atom is -0.324 e. The summed E-state index contributed by atoms with van der Waals surface area (Å²) in [7, 11) is 0. The van der Waals surface area contributed by atoms with E-state index in [1.807, 2.05) is 19.2 Å². The molecular weight excluding hydrogens is 184 g/mol. The van der Waals surface area contributed by atoms with Gasteiger partial charge in [-0.2, -0.15) is 0 Å². The average molecular weight is 200 g/mol. The lowest BCUT2D eigenvalue weighted by atomic mass is 9.99. The highest BCUT2D eigenvalue weighted by molar-refractivity contribution is 5.85. The second kappa shape index (κ2) is 3.63. The Labute approximate surface area is 90.1 Å². The van der Waals surface area contributed by atoms with Crippen molar-refractivity contribution in [2.75, 3.05) is 0 Å². The maximum absolute atomic E-state index is 5.96. The number of nitrogens with two attached hydrogens (primary N) is 1. The zero-order valence-electron chi connectivity index (χ0n) is 9.41. The topological polar surface area (TPSA) is 38.9 Å². The van der Waals surface area contributed by atoms with Gasteiger partial charge in [-0.15, -0.1) is 0 Å². The fourth-order valence-electron chi connectivity index (χ4n) is 1.91. The largest absolute Gasteiger partial charge is 0.324 e. The molecule has 78 valence electrons. The number of nitrogens with zero attached hydrogens (tertiary/aromatic N) is 1. The Kier molecular flexibility index (Phi) is 2.45. The van der Waals surface area contributed by atoms with Gasteiger partial charge in [0.1, 0.15) is 0 Å². The van der Waals surface area contributed by atoms with Gasteiger partial charge >= 0.3 is 0 Å². The summed E-state index contributed by atoms with van der Waals surface area (Å²) in [6.45, 7) is 6.20. The minimum absolute atomic E-state index is 0.0294. The van der Waals surface area contributed by atoms with E-state index in [9.17, 15) is 0 Å². The van der Waals surface area contributed by atoms with Crippen LogP contribution in [0.5, 0.6) is 0 Å². The van der Waals surface area contributed by atoms with Gasteiger partial charge in [0.2, 0.25) is 0 Å². The lowest BCUT2D eigenvalue weighted by Crippen LogP contribution is -2.07. The van der Waals surface area contributed by atoms with Crippen LogP contribution in [0.15, 0.2) is 24.4 Å². The molecule has 2 nitrogen and oxygen atoms in total. The first-order chi connectivity index (χ1) is 7.09. The molecule has 1 aromatic carbocycles. The molecule has 2 heteroatoms. The highest BCUT2D eigenvalue weighted by Crippen LogP contribution is 2.25. The number of aromatic nitrogens is 1. The molecule has 0 aliphatic heterocycles. The van der Waals surface area contributed by atoms with Gasteiger partial charge in [-0.25, -0.2) is 0 Å². The van der Waals surface area contributed by atoms with E-state index in [4.69, 9.17) is 5.73 Å². The van der Waals surface area contributed by atoms with Gasteiger partial charge in [0.25, 0.3) is 0 Å². The molecule has 0 amide bonds. The van der Waals surface area contributed by atoms with E-state index >= 15 is 0 Å². The molecule has 1 aromatic heterocycles. The second-order valence-corrected chi connectivity index (χ2v) is 4.17. The highest BCUT2D eigenvalue weighted by Gasteiger charge is 2.08. The van der Waals surface area contributed by atoms with Crippen molar-refractivity contribution in [2.45, 2.75) is 26.8 Å². The molecule has 0 aliphatic rings. The predicted molar refractivity (Wildman–Crippen MR) is 63.8 cm³/mol. The van der Waals surface area contributed by atoms with Crippen molar-refractivity contribution < 1.29 is 0 Å². The number of hydrogen-bond donors (Lipinski definition) is 1. The van der Waals surface area contributed by atoms with Gasteiger partial charge in [0.05, 0.1) is 5.52 Å². The number of benzene rings is 1. The predicted octanol–water partition coefficient (Wildman–Crippen LogP) is 2.87. The minimum atomic E-state index is 0.0294. The van der Waals surface area contributed by atoms with Crippen molar-refractivity contribution >= 4 is 10.9 Å². The molecule has 1 unspecified atom stereocenters. The molecule has 0 saturated heterocycles. The molecule has 0 fully saturated rings. The number of rotatable bonds is 1. The zero-order chi connectivity index (χ0) is 11.0. The Balaban J connectivity index is 2.86. The fraction of sp³-hybridized carbons (Fsp3) is 0.308. The Bertz CT molecular complexity index is 501. The summed E-state index contributed by atoms with van der Waals surface area (Å²) in [5.74, 6) is 0. The fourth-order valence-corrected chi connectivity index (χ4v) is 1.91. The molecule has 0 radical (unpaired) electrons. The van der Waals surface area contributed by atoms with Gasteiger partial charge in [-0.05, 0) is 44.0 Å². The van der Waals surface area contributed by atoms with Crippen LogP contribution in [0.1, 0.15) is 29.7 Å². The third-order valence-corrected chi connectivity index (χ3v) is 2.73. The second-order valence-electron chi connectivity index (χ2n) is 4.17. The van der Waals surface area contributed by atoms with Crippen LogP contribution in [-0.2, 0) is 0 Å². The standard InChI is InChI=1S/C13H16N2/c1-8-6-11-9(2)4-5-15-13(11)12(7-8)10(3)14/h4-7,10H,14H2,1-3H3. The Morgan fingerprint density at radius 1 is 1.27 bits per heavy atom. The molecule has 1 atom stereocenters. The molecule has 0 spiro atoms. The Hall–Kier alpha value is -1.41. The van der Waals surface area contributed by atoms with E-state index in [0.29, 0.717) is 0 Å². The number of hydrogen-bond acceptors (Lipinski definition) is 2. The lowest BCUT2D eigenvalue weighted by molar-refractivity contribution is 0.822. The van der Waals surface area contributed by atoms with Crippen molar-refractivity contribution in [2.24, 2.45) is 5.73 Å². The number of aryl methyl sites for hydroxylation is 2. The van der Waals surface area contributed by atoms with Gasteiger partial charge in [0, 0.05) is 17.6 Å². The molecular formula is C13H16N2. The summed E-state index contributed by atoms with van der Waals surface area (Å²) in [6, 6.07) is 6.36. The Morgan fingerprint density at radius 3 is 2.67 bits per heavy atom. The molecule has 0 saturated carbocycles. The number of fused-ring (bicyclic) bond motifs is 1. The summed E-state index contributed by atoms with van der Waals surface area (Å²) in [4.78, 5) is 4.42. The van der Waals surface area contributed by atoms with Crippen LogP contribution < -0.4 is 5.73 Å². The molecule has 1 heterocycles. The van der Waals surface area contributed by atoms with Gasteiger partial charge < -0.3 is 5.73 Å². The van der Waals surface area contributed by atoms with E-state index in [1.165, 1.54) is 16.5 Å². The van der Waals surface area contributed by atoms with Crippen LogP contribution in [0.3, 0.4) is 0 Å². The molecule has 2 aromatic rings. The average Bonchev–Trinajstić information content (AvgIpc) is 2.18. The molecule has 0 aliphatic carbocycles. The Morgan fingerprint density at radius 2 is 2.00 bits per heavy atom. The van der Waals surface area contributed by atoms with Crippen LogP contribution in [0.2, 0.25) is 0 Å². The maximum atomic E-state index is 5.96. The first-order valence-electron chi connectivity index (χ1n) is 5.21. The summed E-state index contributed by atoms with van der Waals surface area (Å²) in [5.41, 5.74) is 10.6. The lowest BCUT2D eigenvalue weighted by Gasteiger charge is -2.11. The van der Waals surface area contributed by atoms with Gasteiger partial charge in [-0.3, -0.25) is 4.98 Å². The highest BCUT2D eigenvalue weighted by atomic mass is 14.7. The zero-order valence-corrected chi connectivity index (χ0v) is 9.41. The van der Waals surface area contributed by atoms with Crippen molar-refractivity contribution in [1.29, 1.82) is 0 Å².